The lowest BCUT2D eigenvalue weighted by Gasteiger charge is -2.06. The molecule has 1 aromatic heterocycles. The fourth-order valence-corrected chi connectivity index (χ4v) is 3.57. The maximum Gasteiger partial charge on any atom is 0.295 e. The first-order valence-corrected chi connectivity index (χ1v) is 10.7. The van der Waals surface area contributed by atoms with E-state index in [1.807, 2.05) is 36.4 Å². The van der Waals surface area contributed by atoms with Gasteiger partial charge < -0.3 is 15.4 Å². The summed E-state index contributed by atoms with van der Waals surface area (Å²) in [6.07, 6.45) is 1.02. The number of H-pyrrole nitrogens is 1. The van der Waals surface area contributed by atoms with Crippen LogP contribution in [0.1, 0.15) is 22.3 Å². The fraction of sp³-hybridized carbons (Fsp3) is 0.0833. The van der Waals surface area contributed by atoms with Crippen molar-refractivity contribution in [1.82, 2.24) is 4.98 Å². The summed E-state index contributed by atoms with van der Waals surface area (Å²) in [4.78, 5) is 27.4. The van der Waals surface area contributed by atoms with Crippen LogP contribution >= 0.6 is 15.9 Å². The predicted molar refractivity (Wildman–Crippen MR) is 126 cm³/mol. The monoisotopic (exact) mass is 490 g/mol. The molecule has 0 saturated heterocycles. The lowest BCUT2D eigenvalue weighted by molar-refractivity contribution is -0.116. The lowest BCUT2D eigenvalue weighted by Crippen LogP contribution is -2.12. The third-order valence-electron chi connectivity index (χ3n) is 4.85. The first-order valence-electron chi connectivity index (χ1n) is 9.90. The van der Waals surface area contributed by atoms with Crippen molar-refractivity contribution >= 4 is 50.0 Å². The van der Waals surface area contributed by atoms with Gasteiger partial charge in [0.25, 0.3) is 5.91 Å². The van der Waals surface area contributed by atoms with Gasteiger partial charge in [-0.2, -0.15) is 0 Å². The molecule has 2 amide bonds. The molecule has 0 radical (unpaired) electrons. The van der Waals surface area contributed by atoms with Gasteiger partial charge in [0.15, 0.2) is 5.69 Å². The van der Waals surface area contributed by atoms with E-state index in [-0.39, 0.29) is 17.5 Å². The van der Waals surface area contributed by atoms with Crippen molar-refractivity contribution in [3.63, 3.8) is 0 Å². The maximum absolute atomic E-state index is 12.4. The van der Waals surface area contributed by atoms with Crippen molar-refractivity contribution < 1.29 is 14.7 Å². The number of hydrogen-bond acceptors (Lipinski definition) is 4. The Morgan fingerprint density at radius 1 is 1.00 bits per heavy atom. The smallest absolute Gasteiger partial charge is 0.295 e. The quantitative estimate of drug-likeness (QED) is 0.283. The van der Waals surface area contributed by atoms with Crippen molar-refractivity contribution in [2.45, 2.75) is 12.8 Å². The molecule has 0 aliphatic heterocycles. The Balaban J connectivity index is 1.38. The SMILES string of the molecule is O=C(CCc1ccccc1)Nc1ccc(C(=O)N=Nc2c(O)[nH]c3ccc(Br)cc23)cc1. The number of halogens is 1. The van der Waals surface area contributed by atoms with Gasteiger partial charge in [-0.25, -0.2) is 0 Å². The largest absolute Gasteiger partial charge is 0.493 e. The van der Waals surface area contributed by atoms with Crippen LogP contribution < -0.4 is 5.32 Å². The van der Waals surface area contributed by atoms with Gasteiger partial charge in [-0.1, -0.05) is 46.3 Å². The van der Waals surface area contributed by atoms with Crippen LogP contribution in [0.5, 0.6) is 5.88 Å². The van der Waals surface area contributed by atoms with Gasteiger partial charge in [0.2, 0.25) is 11.8 Å². The van der Waals surface area contributed by atoms with Gasteiger partial charge in [0, 0.05) is 27.5 Å². The summed E-state index contributed by atoms with van der Waals surface area (Å²) in [5.41, 5.74) is 2.88. The third-order valence-corrected chi connectivity index (χ3v) is 5.35. The second-order valence-corrected chi connectivity index (χ2v) is 8.04. The molecule has 1 heterocycles. The molecule has 0 atom stereocenters. The molecule has 0 spiro atoms. The minimum Gasteiger partial charge on any atom is -0.493 e. The first kappa shape index (κ1) is 21.5. The van der Waals surface area contributed by atoms with E-state index in [1.54, 1.807) is 36.4 Å². The number of hydrogen-bond donors (Lipinski definition) is 3. The van der Waals surface area contributed by atoms with Crippen molar-refractivity contribution in [2.24, 2.45) is 10.2 Å². The summed E-state index contributed by atoms with van der Waals surface area (Å²) in [6.45, 7) is 0. The number of nitrogens with zero attached hydrogens (tertiary/aromatic N) is 2. The third kappa shape index (κ3) is 5.09. The molecule has 0 aliphatic rings. The van der Waals surface area contributed by atoms with E-state index >= 15 is 0 Å². The Bertz CT molecular complexity index is 1300. The average molecular weight is 491 g/mol. The predicted octanol–water partition coefficient (Wildman–Crippen LogP) is 6.13. The summed E-state index contributed by atoms with van der Waals surface area (Å²) in [7, 11) is 0. The van der Waals surface area contributed by atoms with Crippen LogP contribution in [0, 0.1) is 0 Å². The Morgan fingerprint density at radius 2 is 1.75 bits per heavy atom. The Morgan fingerprint density at radius 3 is 2.50 bits per heavy atom. The van der Waals surface area contributed by atoms with E-state index in [1.165, 1.54) is 0 Å². The van der Waals surface area contributed by atoms with Crippen LogP contribution in [0.2, 0.25) is 0 Å². The zero-order chi connectivity index (χ0) is 22.5. The molecular weight excluding hydrogens is 472 g/mol. The summed E-state index contributed by atoms with van der Waals surface area (Å²) >= 11 is 3.37. The van der Waals surface area contributed by atoms with Crippen molar-refractivity contribution in [3.8, 4) is 5.88 Å². The normalized spacial score (nSPS) is 11.2. The van der Waals surface area contributed by atoms with E-state index < -0.39 is 5.91 Å². The summed E-state index contributed by atoms with van der Waals surface area (Å²) in [5.74, 6) is -0.826. The van der Waals surface area contributed by atoms with Gasteiger partial charge in [-0.3, -0.25) is 9.59 Å². The molecule has 0 unspecified atom stereocenters. The second kappa shape index (κ2) is 9.57. The van der Waals surface area contributed by atoms with Crippen molar-refractivity contribution in [1.29, 1.82) is 0 Å². The van der Waals surface area contributed by atoms with Gasteiger partial charge in [0.05, 0.1) is 5.52 Å². The van der Waals surface area contributed by atoms with Crippen LogP contribution in [0.15, 0.2) is 87.5 Å². The topological polar surface area (TPSA) is 107 Å². The van der Waals surface area contributed by atoms with Crippen LogP contribution in [0.4, 0.5) is 11.4 Å². The number of aromatic amines is 1. The molecule has 0 fully saturated rings. The molecule has 0 bridgehead atoms. The number of rotatable bonds is 6. The van der Waals surface area contributed by atoms with Gasteiger partial charge >= 0.3 is 0 Å². The number of carbonyl (C=O) groups is 2. The highest BCUT2D eigenvalue weighted by atomic mass is 79.9. The number of nitrogens with one attached hydrogen (secondary N) is 2. The maximum atomic E-state index is 12.4. The second-order valence-electron chi connectivity index (χ2n) is 7.13. The zero-order valence-electron chi connectivity index (χ0n) is 16.9. The highest BCUT2D eigenvalue weighted by Gasteiger charge is 2.12. The summed E-state index contributed by atoms with van der Waals surface area (Å²) in [5, 5.41) is 21.2. The van der Waals surface area contributed by atoms with E-state index in [9.17, 15) is 14.7 Å². The number of anilines is 1. The molecule has 4 rings (SSSR count). The highest BCUT2D eigenvalue weighted by Crippen LogP contribution is 2.36. The van der Waals surface area contributed by atoms with Crippen molar-refractivity contribution in [3.05, 3.63) is 88.4 Å². The number of azo groups is 1. The Hall–Kier alpha value is -3.78. The summed E-state index contributed by atoms with van der Waals surface area (Å²) < 4.78 is 0.813. The Kier molecular flexibility index (Phi) is 6.42. The average Bonchev–Trinajstić information content (AvgIpc) is 3.11. The number of aryl methyl sites for hydroxylation is 1. The van der Waals surface area contributed by atoms with Crippen LogP contribution in [0.3, 0.4) is 0 Å². The molecule has 8 heteroatoms. The van der Waals surface area contributed by atoms with Gasteiger partial charge in [0.1, 0.15) is 0 Å². The number of aromatic hydroxyl groups is 1. The molecular formula is C24H19BrN4O3. The lowest BCUT2D eigenvalue weighted by atomic mass is 10.1. The fourth-order valence-electron chi connectivity index (χ4n) is 3.21. The number of fused-ring (bicyclic) bond motifs is 1. The molecule has 0 saturated carbocycles. The number of benzene rings is 3. The van der Waals surface area contributed by atoms with E-state index in [2.05, 4.69) is 36.5 Å². The van der Waals surface area contributed by atoms with Crippen LogP contribution in [0.25, 0.3) is 10.9 Å². The summed E-state index contributed by atoms with van der Waals surface area (Å²) in [6, 6.07) is 21.6. The van der Waals surface area contributed by atoms with E-state index in [4.69, 9.17) is 0 Å². The van der Waals surface area contributed by atoms with Gasteiger partial charge in [-0.05, 0) is 54.4 Å². The van der Waals surface area contributed by atoms with Crippen LogP contribution in [-0.2, 0) is 11.2 Å². The number of carbonyl (C=O) groups excluding carboxylic acids is 2. The Labute approximate surface area is 192 Å². The minimum absolute atomic E-state index is 0.103. The van der Waals surface area contributed by atoms with Crippen molar-refractivity contribution in [2.75, 3.05) is 5.32 Å². The first-order chi connectivity index (χ1) is 15.5. The van der Waals surface area contributed by atoms with Gasteiger partial charge in [-0.15, -0.1) is 10.2 Å². The molecule has 32 heavy (non-hydrogen) atoms. The highest BCUT2D eigenvalue weighted by molar-refractivity contribution is 9.10. The molecule has 3 N–H and O–H groups in total. The number of amides is 2. The van der Waals surface area contributed by atoms with E-state index in [0.29, 0.717) is 35.0 Å². The molecule has 0 aliphatic carbocycles. The molecule has 3 aromatic carbocycles. The molecule has 4 aromatic rings. The standard InChI is InChI=1S/C24H19BrN4O3/c25-17-9-12-20-19(14-17)22(24(32)27-20)28-29-23(31)16-7-10-18(11-8-16)26-21(30)13-6-15-4-2-1-3-5-15/h1-5,7-12,14,27,32H,6,13H2,(H,26,30). The zero-order valence-corrected chi connectivity index (χ0v) is 18.5. The minimum atomic E-state index is -0.560. The molecule has 160 valence electrons. The van der Waals surface area contributed by atoms with E-state index in [0.717, 1.165) is 10.0 Å². The molecule has 7 nitrogen and oxygen atoms in total. The number of aromatic nitrogens is 1. The van der Waals surface area contributed by atoms with Crippen LogP contribution in [-0.4, -0.2) is 21.9 Å².